The molecule has 0 radical (unpaired) electrons. The highest BCUT2D eigenvalue weighted by molar-refractivity contribution is 7.09. The molecule has 0 aromatic carbocycles. The molecule has 0 amide bonds. The van der Waals surface area contributed by atoms with E-state index in [4.69, 9.17) is 5.73 Å². The molecule has 0 saturated heterocycles. The molecule has 0 bridgehead atoms. The predicted octanol–water partition coefficient (Wildman–Crippen LogP) is 2.25. The molecule has 1 unspecified atom stereocenters. The highest BCUT2D eigenvalue weighted by Gasteiger charge is 2.09. The Bertz CT molecular complexity index is 292. The van der Waals surface area contributed by atoms with Crippen molar-refractivity contribution in [1.29, 1.82) is 0 Å². The molecule has 0 saturated carbocycles. The molecule has 0 aliphatic heterocycles. The van der Waals surface area contributed by atoms with E-state index in [9.17, 15) is 0 Å². The van der Waals surface area contributed by atoms with Gasteiger partial charge in [0.2, 0.25) is 0 Å². The van der Waals surface area contributed by atoms with Crippen LogP contribution in [0.15, 0.2) is 28.5 Å². The summed E-state index contributed by atoms with van der Waals surface area (Å²) in [5, 5.41) is 4.11. The number of hydrogen-bond acceptors (Lipinski definition) is 4. The molecule has 2 N–H and O–H groups in total. The second kappa shape index (κ2) is 3.35. The molecule has 2 rings (SSSR count). The molecular formula is C8H8N2S2. The third-order valence-corrected chi connectivity index (χ3v) is 3.22. The Morgan fingerprint density at radius 1 is 1.50 bits per heavy atom. The van der Waals surface area contributed by atoms with Crippen LogP contribution in [-0.2, 0) is 0 Å². The van der Waals surface area contributed by atoms with Crippen molar-refractivity contribution in [1.82, 2.24) is 4.98 Å². The van der Waals surface area contributed by atoms with Gasteiger partial charge < -0.3 is 5.73 Å². The van der Waals surface area contributed by atoms with Crippen LogP contribution in [0.25, 0.3) is 0 Å². The minimum absolute atomic E-state index is 0.00347. The first kappa shape index (κ1) is 7.91. The number of aromatic nitrogens is 1. The first-order chi connectivity index (χ1) is 5.88. The van der Waals surface area contributed by atoms with Crippen LogP contribution in [0, 0.1) is 0 Å². The molecule has 62 valence electrons. The third-order valence-electron chi connectivity index (χ3n) is 1.66. The molecule has 2 heterocycles. The maximum absolute atomic E-state index is 5.98. The minimum atomic E-state index is 0.00347. The zero-order valence-corrected chi connectivity index (χ0v) is 7.94. The van der Waals surface area contributed by atoms with Crippen molar-refractivity contribution in [3.8, 4) is 0 Å². The second-order valence-corrected chi connectivity index (χ2v) is 4.14. The maximum atomic E-state index is 5.98. The Balaban J connectivity index is 2.27. The fourth-order valence-electron chi connectivity index (χ4n) is 0.995. The lowest BCUT2D eigenvalue weighted by atomic mass is 10.1. The number of thiazole rings is 1. The van der Waals surface area contributed by atoms with Crippen LogP contribution < -0.4 is 5.73 Å². The topological polar surface area (TPSA) is 38.9 Å². The Morgan fingerprint density at radius 2 is 2.42 bits per heavy atom. The van der Waals surface area contributed by atoms with Crippen LogP contribution in [0.2, 0.25) is 0 Å². The van der Waals surface area contributed by atoms with Crippen LogP contribution in [0.1, 0.15) is 16.5 Å². The van der Waals surface area contributed by atoms with E-state index < -0.39 is 0 Å². The quantitative estimate of drug-likeness (QED) is 0.800. The van der Waals surface area contributed by atoms with E-state index in [1.54, 1.807) is 22.7 Å². The summed E-state index contributed by atoms with van der Waals surface area (Å²) in [6.07, 6.45) is 1.83. The van der Waals surface area contributed by atoms with E-state index >= 15 is 0 Å². The van der Waals surface area contributed by atoms with Gasteiger partial charge in [-0.1, -0.05) is 0 Å². The fourth-order valence-corrected chi connectivity index (χ4v) is 2.34. The average molecular weight is 196 g/mol. The zero-order chi connectivity index (χ0) is 8.39. The molecular weight excluding hydrogens is 188 g/mol. The molecule has 1 atom stereocenters. The Morgan fingerprint density at radius 3 is 3.00 bits per heavy atom. The molecule has 12 heavy (non-hydrogen) atoms. The molecule has 2 aromatic rings. The Labute approximate surface area is 78.7 Å². The number of rotatable bonds is 2. The van der Waals surface area contributed by atoms with Crippen LogP contribution in [0.5, 0.6) is 0 Å². The zero-order valence-electron chi connectivity index (χ0n) is 6.31. The van der Waals surface area contributed by atoms with Gasteiger partial charge in [-0.25, -0.2) is 0 Å². The van der Waals surface area contributed by atoms with Gasteiger partial charge in [0.15, 0.2) is 0 Å². The van der Waals surface area contributed by atoms with Gasteiger partial charge in [-0.3, -0.25) is 4.98 Å². The molecule has 0 spiro atoms. The van der Waals surface area contributed by atoms with Gasteiger partial charge in [0, 0.05) is 11.1 Å². The molecule has 0 aliphatic rings. The van der Waals surface area contributed by atoms with E-state index in [0.29, 0.717) is 0 Å². The smallest absolute Gasteiger partial charge is 0.0794 e. The van der Waals surface area contributed by atoms with Gasteiger partial charge in [0.25, 0.3) is 0 Å². The number of hydrogen-bond donors (Lipinski definition) is 1. The lowest BCUT2D eigenvalue weighted by Crippen LogP contribution is -2.08. The van der Waals surface area contributed by atoms with Crippen LogP contribution in [0.4, 0.5) is 0 Å². The average Bonchev–Trinajstić information content (AvgIpc) is 2.77. The highest BCUT2D eigenvalue weighted by Crippen LogP contribution is 2.23. The van der Waals surface area contributed by atoms with Crippen molar-refractivity contribution in [3.05, 3.63) is 39.0 Å². The second-order valence-electron chi connectivity index (χ2n) is 2.44. The third kappa shape index (κ3) is 1.41. The molecule has 2 aromatic heterocycles. The fraction of sp³-hybridized carbons (Fsp3) is 0.125. The highest BCUT2D eigenvalue weighted by atomic mass is 32.1. The normalized spacial score (nSPS) is 13.1. The van der Waals surface area contributed by atoms with E-state index in [0.717, 1.165) is 4.88 Å². The molecule has 0 aliphatic carbocycles. The Kier molecular flexibility index (Phi) is 2.21. The summed E-state index contributed by atoms with van der Waals surface area (Å²) in [6, 6.07) is 2.05. The summed E-state index contributed by atoms with van der Waals surface area (Å²) in [7, 11) is 0. The summed E-state index contributed by atoms with van der Waals surface area (Å²) in [5.41, 5.74) is 8.96. The van der Waals surface area contributed by atoms with E-state index in [-0.39, 0.29) is 6.04 Å². The van der Waals surface area contributed by atoms with Crippen molar-refractivity contribution in [2.24, 2.45) is 5.73 Å². The lowest BCUT2D eigenvalue weighted by Gasteiger charge is -2.04. The van der Waals surface area contributed by atoms with E-state index in [1.807, 2.05) is 17.1 Å². The van der Waals surface area contributed by atoms with Gasteiger partial charge in [-0.15, -0.1) is 11.3 Å². The summed E-state index contributed by atoms with van der Waals surface area (Å²) >= 11 is 3.27. The van der Waals surface area contributed by atoms with Crippen molar-refractivity contribution in [2.45, 2.75) is 6.04 Å². The standard InChI is InChI=1S/C8H8N2S2/c9-8(6-1-2-11-4-6)7-3-10-5-12-7/h1-5,8H,9H2. The van der Waals surface area contributed by atoms with Gasteiger partial charge in [-0.05, 0) is 22.4 Å². The molecule has 2 nitrogen and oxygen atoms in total. The van der Waals surface area contributed by atoms with Gasteiger partial charge in [0.1, 0.15) is 0 Å². The summed E-state index contributed by atoms with van der Waals surface area (Å²) in [6.45, 7) is 0. The van der Waals surface area contributed by atoms with Crippen molar-refractivity contribution >= 4 is 22.7 Å². The van der Waals surface area contributed by atoms with Gasteiger partial charge in [0.05, 0.1) is 11.6 Å². The largest absolute Gasteiger partial charge is 0.320 e. The van der Waals surface area contributed by atoms with Crippen molar-refractivity contribution < 1.29 is 0 Å². The number of nitrogens with zero attached hydrogens (tertiary/aromatic N) is 1. The molecule has 0 fully saturated rings. The first-order valence-corrected chi connectivity index (χ1v) is 5.36. The van der Waals surface area contributed by atoms with Crippen molar-refractivity contribution in [2.75, 3.05) is 0 Å². The monoisotopic (exact) mass is 196 g/mol. The maximum Gasteiger partial charge on any atom is 0.0794 e. The number of thiophene rings is 1. The minimum Gasteiger partial charge on any atom is -0.320 e. The first-order valence-electron chi connectivity index (χ1n) is 3.54. The van der Waals surface area contributed by atoms with E-state index in [1.165, 1.54) is 5.56 Å². The van der Waals surface area contributed by atoms with Crippen molar-refractivity contribution in [3.63, 3.8) is 0 Å². The Hall–Kier alpha value is -0.710. The van der Waals surface area contributed by atoms with Crippen LogP contribution in [-0.4, -0.2) is 4.98 Å². The van der Waals surface area contributed by atoms with Crippen LogP contribution >= 0.6 is 22.7 Å². The summed E-state index contributed by atoms with van der Waals surface area (Å²) in [4.78, 5) is 5.11. The predicted molar refractivity (Wildman–Crippen MR) is 52.5 cm³/mol. The SMILES string of the molecule is NC(c1ccsc1)c1cncs1. The van der Waals surface area contributed by atoms with Gasteiger partial charge >= 0.3 is 0 Å². The number of nitrogens with two attached hydrogens (primary N) is 1. The summed E-state index contributed by atoms with van der Waals surface area (Å²) < 4.78 is 0. The van der Waals surface area contributed by atoms with Crippen LogP contribution in [0.3, 0.4) is 0 Å². The lowest BCUT2D eigenvalue weighted by molar-refractivity contribution is 0.895. The summed E-state index contributed by atoms with van der Waals surface area (Å²) in [5.74, 6) is 0. The van der Waals surface area contributed by atoms with Gasteiger partial charge in [-0.2, -0.15) is 11.3 Å². The molecule has 4 heteroatoms. The van der Waals surface area contributed by atoms with E-state index in [2.05, 4.69) is 16.4 Å².